The lowest BCUT2D eigenvalue weighted by Crippen LogP contribution is -2.21. The van der Waals surface area contributed by atoms with E-state index in [9.17, 15) is 4.79 Å². The molecule has 1 N–H and O–H groups in total. The number of nitrogens with one attached hydrogen (secondary N) is 1. The van der Waals surface area contributed by atoms with Crippen LogP contribution >= 0.6 is 11.6 Å². The molecule has 0 saturated heterocycles. The second kappa shape index (κ2) is 7.60. The van der Waals surface area contributed by atoms with Crippen LogP contribution in [-0.4, -0.2) is 11.6 Å². The van der Waals surface area contributed by atoms with Crippen LogP contribution in [0.15, 0.2) is 59.7 Å². The maximum atomic E-state index is 11.9. The van der Waals surface area contributed by atoms with Gasteiger partial charge >= 0.3 is 0 Å². The quantitative estimate of drug-likeness (QED) is 0.662. The maximum Gasteiger partial charge on any atom is 0.244 e. The minimum atomic E-state index is -0.130. The van der Waals surface area contributed by atoms with Crippen molar-refractivity contribution in [1.29, 1.82) is 0 Å². The highest BCUT2D eigenvalue weighted by molar-refractivity contribution is 6.31. The number of hydrogen-bond acceptors (Lipinski definition) is 2. The van der Waals surface area contributed by atoms with E-state index in [0.29, 0.717) is 17.9 Å². The molecule has 108 valence electrons. The highest BCUT2D eigenvalue weighted by Gasteiger charge is 2.05. The van der Waals surface area contributed by atoms with Crippen molar-refractivity contribution in [3.63, 3.8) is 0 Å². The van der Waals surface area contributed by atoms with Gasteiger partial charge in [0.15, 0.2) is 0 Å². The summed E-state index contributed by atoms with van der Waals surface area (Å²) < 4.78 is 0. The zero-order chi connectivity index (χ0) is 15.1. The maximum absolute atomic E-state index is 11.9. The summed E-state index contributed by atoms with van der Waals surface area (Å²) in [6, 6.07) is 17.0. The molecule has 21 heavy (non-hydrogen) atoms. The van der Waals surface area contributed by atoms with Gasteiger partial charge in [-0.2, -0.15) is 5.10 Å². The Morgan fingerprint density at radius 1 is 1.14 bits per heavy atom. The lowest BCUT2D eigenvalue weighted by atomic mass is 10.1. The fourth-order valence-corrected chi connectivity index (χ4v) is 2.16. The number of hydrogen-bond donors (Lipinski definition) is 1. The molecule has 0 aliphatic carbocycles. The molecular weight excluding hydrogens is 284 g/mol. The van der Waals surface area contributed by atoms with Gasteiger partial charge in [0.05, 0.1) is 12.1 Å². The molecule has 0 radical (unpaired) electrons. The van der Waals surface area contributed by atoms with Crippen LogP contribution in [0.1, 0.15) is 24.5 Å². The molecule has 0 aliphatic rings. The Morgan fingerprint density at radius 3 is 2.57 bits per heavy atom. The summed E-state index contributed by atoms with van der Waals surface area (Å²) in [6.45, 7) is 1.99. The third-order valence-corrected chi connectivity index (χ3v) is 3.25. The van der Waals surface area contributed by atoms with Crippen LogP contribution in [0.5, 0.6) is 0 Å². The Balaban J connectivity index is 2.02. The van der Waals surface area contributed by atoms with E-state index in [-0.39, 0.29) is 5.91 Å². The summed E-state index contributed by atoms with van der Waals surface area (Å²) in [4.78, 5) is 11.9. The predicted molar refractivity (Wildman–Crippen MR) is 86.6 cm³/mol. The number of halogens is 1. The average Bonchev–Trinajstić information content (AvgIpc) is 2.49. The smallest absolute Gasteiger partial charge is 0.244 e. The molecule has 1 amide bonds. The zero-order valence-corrected chi connectivity index (χ0v) is 12.6. The van der Waals surface area contributed by atoms with E-state index in [1.807, 2.05) is 61.5 Å². The minimum absolute atomic E-state index is 0.130. The summed E-state index contributed by atoms with van der Waals surface area (Å²) in [6.07, 6.45) is 1.03. The number of carbonyl (C=O) groups is 1. The molecule has 4 heteroatoms. The van der Waals surface area contributed by atoms with Crippen molar-refractivity contribution in [2.75, 3.05) is 0 Å². The van der Waals surface area contributed by atoms with Gasteiger partial charge in [-0.1, -0.05) is 61.0 Å². The Morgan fingerprint density at radius 2 is 1.90 bits per heavy atom. The van der Waals surface area contributed by atoms with Crippen LogP contribution in [0.2, 0.25) is 5.02 Å². The molecule has 0 heterocycles. The minimum Gasteiger partial charge on any atom is -0.273 e. The normalized spacial score (nSPS) is 11.2. The lowest BCUT2D eigenvalue weighted by Gasteiger charge is -2.06. The summed E-state index contributed by atoms with van der Waals surface area (Å²) in [5.41, 5.74) is 5.30. The van der Waals surface area contributed by atoms with E-state index in [4.69, 9.17) is 11.6 Å². The molecule has 0 unspecified atom stereocenters. The fourth-order valence-electron chi connectivity index (χ4n) is 1.97. The van der Waals surface area contributed by atoms with Gasteiger partial charge < -0.3 is 0 Å². The van der Waals surface area contributed by atoms with Crippen molar-refractivity contribution in [3.05, 3.63) is 70.7 Å². The monoisotopic (exact) mass is 300 g/mol. The van der Waals surface area contributed by atoms with Crippen molar-refractivity contribution < 1.29 is 4.79 Å². The van der Waals surface area contributed by atoms with Gasteiger partial charge in [-0.05, 0) is 29.7 Å². The van der Waals surface area contributed by atoms with E-state index in [1.165, 1.54) is 0 Å². The van der Waals surface area contributed by atoms with Gasteiger partial charge in [0.1, 0.15) is 0 Å². The highest BCUT2D eigenvalue weighted by atomic mass is 35.5. The summed E-state index contributed by atoms with van der Waals surface area (Å²) in [5.74, 6) is -0.130. The number of rotatable bonds is 5. The largest absolute Gasteiger partial charge is 0.273 e. The van der Waals surface area contributed by atoms with Crippen molar-refractivity contribution in [2.24, 2.45) is 5.10 Å². The molecule has 0 spiro atoms. The summed E-state index contributed by atoms with van der Waals surface area (Å²) in [5, 5.41) is 4.86. The number of nitrogens with zero attached hydrogens (tertiary/aromatic N) is 1. The first kappa shape index (κ1) is 15.3. The van der Waals surface area contributed by atoms with Crippen LogP contribution in [0, 0.1) is 0 Å². The van der Waals surface area contributed by atoms with Gasteiger partial charge in [0, 0.05) is 5.02 Å². The number of hydrazone groups is 1. The highest BCUT2D eigenvalue weighted by Crippen LogP contribution is 2.12. The summed E-state index contributed by atoms with van der Waals surface area (Å²) in [7, 11) is 0. The number of amides is 1. The van der Waals surface area contributed by atoms with Crippen molar-refractivity contribution in [3.8, 4) is 0 Å². The van der Waals surface area contributed by atoms with E-state index < -0.39 is 0 Å². The standard InChI is InChI=1S/C17H17ClN2O/c1-2-16(14-9-6-10-15(18)12-14)19-20-17(21)11-13-7-4-3-5-8-13/h3-10,12H,2,11H2,1H3,(H,20,21). The Hall–Kier alpha value is -2.13. The van der Waals surface area contributed by atoms with Crippen molar-refractivity contribution >= 4 is 23.2 Å². The molecule has 2 aromatic carbocycles. The van der Waals surface area contributed by atoms with Gasteiger partial charge in [-0.15, -0.1) is 0 Å². The van der Waals surface area contributed by atoms with E-state index in [0.717, 1.165) is 16.8 Å². The van der Waals surface area contributed by atoms with Gasteiger partial charge in [0.25, 0.3) is 0 Å². The molecule has 0 fully saturated rings. The van der Waals surface area contributed by atoms with Gasteiger partial charge in [-0.3, -0.25) is 4.79 Å². The van der Waals surface area contributed by atoms with Crippen LogP contribution in [0.4, 0.5) is 0 Å². The third-order valence-electron chi connectivity index (χ3n) is 3.02. The van der Waals surface area contributed by atoms with E-state index in [1.54, 1.807) is 0 Å². The number of benzene rings is 2. The molecule has 0 aromatic heterocycles. The SMILES string of the molecule is CCC(=NNC(=O)Cc1ccccc1)c1cccc(Cl)c1. The predicted octanol–water partition coefficient (Wildman–Crippen LogP) is 3.81. The van der Waals surface area contributed by atoms with Crippen LogP contribution in [-0.2, 0) is 11.2 Å². The molecule has 0 saturated carbocycles. The topological polar surface area (TPSA) is 41.5 Å². The number of carbonyl (C=O) groups excluding carboxylic acids is 1. The molecule has 0 bridgehead atoms. The first-order valence-electron chi connectivity index (χ1n) is 6.84. The van der Waals surface area contributed by atoms with E-state index in [2.05, 4.69) is 10.5 Å². The van der Waals surface area contributed by atoms with Gasteiger partial charge in [-0.25, -0.2) is 5.43 Å². The second-order valence-electron chi connectivity index (χ2n) is 4.62. The molecule has 2 rings (SSSR count). The van der Waals surface area contributed by atoms with Crippen molar-refractivity contribution in [2.45, 2.75) is 19.8 Å². The van der Waals surface area contributed by atoms with Crippen molar-refractivity contribution in [1.82, 2.24) is 5.43 Å². The van der Waals surface area contributed by atoms with Crippen LogP contribution in [0.3, 0.4) is 0 Å². The fraction of sp³-hybridized carbons (Fsp3) is 0.176. The first-order valence-corrected chi connectivity index (χ1v) is 7.22. The van der Waals surface area contributed by atoms with E-state index >= 15 is 0 Å². The molecule has 2 aromatic rings. The first-order chi connectivity index (χ1) is 10.2. The summed E-state index contributed by atoms with van der Waals surface area (Å²) >= 11 is 5.97. The lowest BCUT2D eigenvalue weighted by molar-refractivity contribution is -0.120. The third kappa shape index (κ3) is 4.72. The molecule has 3 nitrogen and oxygen atoms in total. The van der Waals surface area contributed by atoms with Gasteiger partial charge in [0.2, 0.25) is 5.91 Å². The molecule has 0 aliphatic heterocycles. The second-order valence-corrected chi connectivity index (χ2v) is 5.06. The Kier molecular flexibility index (Phi) is 5.52. The molecule has 0 atom stereocenters. The Labute approximate surface area is 129 Å². The van der Waals surface area contributed by atoms with Crippen LogP contribution < -0.4 is 5.43 Å². The molecular formula is C17H17ClN2O. The zero-order valence-electron chi connectivity index (χ0n) is 11.8. The Bertz CT molecular complexity index is 638. The van der Waals surface area contributed by atoms with Crippen LogP contribution in [0.25, 0.3) is 0 Å². The average molecular weight is 301 g/mol.